The van der Waals surface area contributed by atoms with Gasteiger partial charge in [-0.05, 0) is 25.5 Å². The van der Waals surface area contributed by atoms with E-state index in [1.54, 1.807) is 11.3 Å². The van der Waals surface area contributed by atoms with Crippen molar-refractivity contribution in [3.05, 3.63) is 10.0 Å². The minimum absolute atomic E-state index is 0.259. The van der Waals surface area contributed by atoms with E-state index in [9.17, 15) is 0 Å². The number of aromatic nitrogens is 2. The Morgan fingerprint density at radius 1 is 1.57 bits per heavy atom. The predicted octanol–water partition coefficient (Wildman–Crippen LogP) is 1.61. The molecule has 0 bridgehead atoms. The van der Waals surface area contributed by atoms with E-state index in [1.165, 1.54) is 18.6 Å². The van der Waals surface area contributed by atoms with Crippen molar-refractivity contribution >= 4 is 23.1 Å². The minimum Gasteiger partial charge on any atom is -0.326 e. The second-order valence-electron chi connectivity index (χ2n) is 3.63. The highest BCUT2D eigenvalue weighted by Gasteiger charge is 2.23. The van der Waals surface area contributed by atoms with Crippen LogP contribution in [0.1, 0.15) is 22.9 Å². The van der Waals surface area contributed by atoms with Crippen LogP contribution in [0.3, 0.4) is 0 Å². The molecular formula is C9H15N3S2. The van der Waals surface area contributed by atoms with E-state index >= 15 is 0 Å². The highest BCUT2D eigenvalue weighted by Crippen LogP contribution is 2.29. The summed E-state index contributed by atoms with van der Waals surface area (Å²) in [5.41, 5.74) is 6.14. The van der Waals surface area contributed by atoms with Crippen molar-refractivity contribution in [3.63, 3.8) is 0 Å². The quantitative estimate of drug-likeness (QED) is 0.855. The van der Waals surface area contributed by atoms with Crippen LogP contribution in [0.4, 0.5) is 0 Å². The third kappa shape index (κ3) is 2.46. The monoisotopic (exact) mass is 229 g/mol. The first-order valence-corrected chi connectivity index (χ1v) is 6.78. The number of hydrogen-bond acceptors (Lipinski definition) is 5. The lowest BCUT2D eigenvalue weighted by atomic mass is 10.1. The van der Waals surface area contributed by atoms with E-state index < -0.39 is 0 Å². The molecule has 1 aliphatic rings. The molecule has 2 atom stereocenters. The number of nitrogens with zero attached hydrogens (tertiary/aromatic N) is 2. The molecule has 5 heteroatoms. The zero-order valence-electron chi connectivity index (χ0n) is 8.27. The molecule has 0 aromatic carbocycles. The van der Waals surface area contributed by atoms with Crippen molar-refractivity contribution in [2.45, 2.75) is 37.5 Å². The molecule has 78 valence electrons. The highest BCUT2D eigenvalue weighted by molar-refractivity contribution is 8.00. The van der Waals surface area contributed by atoms with Gasteiger partial charge in [-0.2, -0.15) is 11.8 Å². The maximum Gasteiger partial charge on any atom is 0.119 e. The Bertz CT molecular complexity index is 294. The van der Waals surface area contributed by atoms with Crippen LogP contribution in [-0.2, 0) is 6.42 Å². The molecule has 1 saturated heterocycles. The summed E-state index contributed by atoms with van der Waals surface area (Å²) in [6.07, 6.45) is 3.48. The maximum atomic E-state index is 6.14. The number of hydrogen-bond donors (Lipinski definition) is 1. The lowest BCUT2D eigenvalue weighted by Crippen LogP contribution is -2.33. The maximum absolute atomic E-state index is 6.14. The lowest BCUT2D eigenvalue weighted by Gasteiger charge is -2.16. The molecule has 1 aromatic heterocycles. The molecule has 1 aliphatic heterocycles. The third-order valence-corrected chi connectivity index (χ3v) is 4.82. The largest absolute Gasteiger partial charge is 0.326 e. The van der Waals surface area contributed by atoms with Gasteiger partial charge in [0.2, 0.25) is 0 Å². The Kier molecular flexibility index (Phi) is 3.41. The first-order valence-electron chi connectivity index (χ1n) is 4.92. The fourth-order valence-corrected chi connectivity index (χ4v) is 3.79. The van der Waals surface area contributed by atoms with Crippen LogP contribution in [0.25, 0.3) is 0 Å². The van der Waals surface area contributed by atoms with Gasteiger partial charge in [-0.25, -0.2) is 0 Å². The van der Waals surface area contributed by atoms with Gasteiger partial charge in [-0.3, -0.25) is 0 Å². The van der Waals surface area contributed by atoms with Crippen LogP contribution in [0.2, 0.25) is 0 Å². The molecule has 2 N–H and O–H groups in total. The molecule has 0 amide bonds. The number of nitrogens with two attached hydrogens (primary N) is 1. The van der Waals surface area contributed by atoms with Gasteiger partial charge in [0.15, 0.2) is 0 Å². The Hall–Kier alpha value is -0.130. The molecule has 1 aromatic rings. The summed E-state index contributed by atoms with van der Waals surface area (Å²) in [6, 6.07) is 0.259. The zero-order valence-corrected chi connectivity index (χ0v) is 9.90. The van der Waals surface area contributed by atoms with E-state index in [0.29, 0.717) is 5.25 Å². The zero-order chi connectivity index (χ0) is 9.97. The number of rotatable bonds is 3. The van der Waals surface area contributed by atoms with Gasteiger partial charge in [-0.1, -0.05) is 0 Å². The average Bonchev–Trinajstić information content (AvgIpc) is 2.75. The van der Waals surface area contributed by atoms with Gasteiger partial charge in [0.1, 0.15) is 10.0 Å². The van der Waals surface area contributed by atoms with Crippen LogP contribution >= 0.6 is 23.1 Å². The molecule has 0 aliphatic carbocycles. The summed E-state index contributed by atoms with van der Waals surface area (Å²) in [4.78, 5) is 0. The molecule has 1 fully saturated rings. The molecule has 0 radical (unpaired) electrons. The van der Waals surface area contributed by atoms with Gasteiger partial charge in [0, 0.05) is 17.7 Å². The Labute approximate surface area is 92.5 Å². The molecule has 2 unspecified atom stereocenters. The second kappa shape index (κ2) is 4.59. The smallest absolute Gasteiger partial charge is 0.119 e. The van der Waals surface area contributed by atoms with Crippen LogP contribution < -0.4 is 5.73 Å². The Balaban J connectivity index is 1.90. The molecule has 3 nitrogen and oxygen atoms in total. The Morgan fingerprint density at radius 2 is 2.43 bits per heavy atom. The van der Waals surface area contributed by atoms with Crippen molar-refractivity contribution in [3.8, 4) is 0 Å². The first kappa shape index (κ1) is 10.4. The van der Waals surface area contributed by atoms with Crippen molar-refractivity contribution in [1.29, 1.82) is 0 Å². The molecule has 2 rings (SSSR count). The summed E-state index contributed by atoms with van der Waals surface area (Å²) in [5, 5.41) is 10.9. The lowest BCUT2D eigenvalue weighted by molar-refractivity contribution is 0.605. The molecule has 14 heavy (non-hydrogen) atoms. The molecular weight excluding hydrogens is 214 g/mol. The van der Waals surface area contributed by atoms with E-state index in [2.05, 4.69) is 10.2 Å². The van der Waals surface area contributed by atoms with Crippen LogP contribution in [0.15, 0.2) is 0 Å². The standard InChI is InChI=1S/C9H15N3S2/c1-6-11-12-9(14-6)5-7(10)8-3-2-4-13-8/h7-8H,2-5,10H2,1H3. The van der Waals surface area contributed by atoms with E-state index in [0.717, 1.165) is 16.4 Å². The Morgan fingerprint density at radius 3 is 3.00 bits per heavy atom. The predicted molar refractivity (Wildman–Crippen MR) is 61.8 cm³/mol. The fraction of sp³-hybridized carbons (Fsp3) is 0.778. The fourth-order valence-electron chi connectivity index (χ4n) is 1.69. The summed E-state index contributed by atoms with van der Waals surface area (Å²) in [6.45, 7) is 1.98. The van der Waals surface area contributed by atoms with Crippen LogP contribution in [-0.4, -0.2) is 27.2 Å². The average molecular weight is 229 g/mol. The number of thioether (sulfide) groups is 1. The van der Waals surface area contributed by atoms with Crippen molar-refractivity contribution in [2.24, 2.45) is 5.73 Å². The molecule has 0 spiro atoms. The number of aryl methyl sites for hydroxylation is 1. The van der Waals surface area contributed by atoms with Crippen LogP contribution in [0, 0.1) is 6.92 Å². The van der Waals surface area contributed by atoms with E-state index in [4.69, 9.17) is 5.73 Å². The summed E-state index contributed by atoms with van der Waals surface area (Å²) in [5.74, 6) is 1.27. The molecule has 0 saturated carbocycles. The molecule has 2 heterocycles. The van der Waals surface area contributed by atoms with Crippen molar-refractivity contribution < 1.29 is 0 Å². The summed E-state index contributed by atoms with van der Waals surface area (Å²) < 4.78 is 0. The second-order valence-corrected chi connectivity index (χ2v) is 6.25. The highest BCUT2D eigenvalue weighted by atomic mass is 32.2. The van der Waals surface area contributed by atoms with Gasteiger partial charge in [0.05, 0.1) is 0 Å². The van der Waals surface area contributed by atoms with Gasteiger partial charge >= 0.3 is 0 Å². The van der Waals surface area contributed by atoms with Crippen LogP contribution in [0.5, 0.6) is 0 Å². The topological polar surface area (TPSA) is 51.8 Å². The summed E-state index contributed by atoms with van der Waals surface area (Å²) in [7, 11) is 0. The van der Waals surface area contributed by atoms with Gasteiger partial charge in [-0.15, -0.1) is 21.5 Å². The summed E-state index contributed by atoms with van der Waals surface area (Å²) >= 11 is 3.67. The SMILES string of the molecule is Cc1nnc(CC(N)C2CCCS2)s1. The first-order chi connectivity index (χ1) is 6.75. The third-order valence-electron chi connectivity index (χ3n) is 2.42. The van der Waals surface area contributed by atoms with Crippen molar-refractivity contribution in [2.75, 3.05) is 5.75 Å². The van der Waals surface area contributed by atoms with Gasteiger partial charge < -0.3 is 5.73 Å². The van der Waals surface area contributed by atoms with E-state index in [-0.39, 0.29) is 6.04 Å². The van der Waals surface area contributed by atoms with Gasteiger partial charge in [0.25, 0.3) is 0 Å². The van der Waals surface area contributed by atoms with Crippen molar-refractivity contribution in [1.82, 2.24) is 10.2 Å². The normalized spacial score (nSPS) is 24.0. The minimum atomic E-state index is 0.259. The van der Waals surface area contributed by atoms with E-state index in [1.807, 2.05) is 18.7 Å².